The first-order chi connectivity index (χ1) is 9.66. The Bertz CT molecular complexity index is 618. The van der Waals surface area contributed by atoms with Crippen LogP contribution >= 0.6 is 0 Å². The molecule has 3 nitrogen and oxygen atoms in total. The van der Waals surface area contributed by atoms with Crippen LogP contribution in [-0.2, 0) is 7.05 Å². The molecule has 0 bridgehead atoms. The van der Waals surface area contributed by atoms with E-state index in [1.54, 1.807) is 12.1 Å². The van der Waals surface area contributed by atoms with E-state index in [-0.39, 0.29) is 17.8 Å². The molecule has 1 aliphatic rings. The fraction of sp³-hybridized carbons (Fsp3) is 0.312. The van der Waals surface area contributed by atoms with Gasteiger partial charge in [0.2, 0.25) is 0 Å². The predicted octanol–water partition coefficient (Wildman–Crippen LogP) is 3.14. The van der Waals surface area contributed by atoms with E-state index >= 15 is 0 Å². The van der Waals surface area contributed by atoms with Crippen LogP contribution in [0, 0.1) is 5.82 Å². The molecule has 3 rings (SSSR count). The first kappa shape index (κ1) is 12.9. The van der Waals surface area contributed by atoms with Crippen LogP contribution in [-0.4, -0.2) is 21.9 Å². The average Bonchev–Trinajstić information content (AvgIpc) is 3.07. The molecular weight excluding hydrogens is 255 g/mol. The van der Waals surface area contributed by atoms with Gasteiger partial charge in [0, 0.05) is 19.8 Å². The van der Waals surface area contributed by atoms with E-state index in [0.29, 0.717) is 5.69 Å². The number of halogens is 1. The quantitative estimate of drug-likeness (QED) is 0.824. The number of benzene rings is 1. The fourth-order valence-corrected chi connectivity index (χ4v) is 2.87. The molecule has 0 radical (unpaired) electrons. The Labute approximate surface area is 117 Å². The summed E-state index contributed by atoms with van der Waals surface area (Å²) in [6, 6.07) is 10.2. The Morgan fingerprint density at radius 1 is 1.25 bits per heavy atom. The van der Waals surface area contributed by atoms with Crippen LogP contribution in [0.25, 0.3) is 0 Å². The lowest BCUT2D eigenvalue weighted by Gasteiger charge is -2.25. The van der Waals surface area contributed by atoms with Crippen molar-refractivity contribution in [2.24, 2.45) is 7.05 Å². The predicted molar refractivity (Wildman–Crippen MR) is 74.8 cm³/mol. The molecule has 0 spiro atoms. The Balaban J connectivity index is 1.87. The van der Waals surface area contributed by atoms with Gasteiger partial charge in [0.15, 0.2) is 0 Å². The maximum atomic E-state index is 13.0. The number of aryl methyl sites for hydroxylation is 1. The molecule has 1 aromatic heterocycles. The van der Waals surface area contributed by atoms with Crippen LogP contribution in [0.3, 0.4) is 0 Å². The Morgan fingerprint density at radius 3 is 2.65 bits per heavy atom. The van der Waals surface area contributed by atoms with Gasteiger partial charge in [0.05, 0.1) is 6.04 Å². The Morgan fingerprint density at radius 2 is 2.00 bits per heavy atom. The molecule has 2 aromatic rings. The summed E-state index contributed by atoms with van der Waals surface area (Å²) < 4.78 is 14.9. The van der Waals surface area contributed by atoms with Gasteiger partial charge in [-0.25, -0.2) is 4.39 Å². The highest BCUT2D eigenvalue weighted by atomic mass is 19.1. The number of aromatic nitrogens is 1. The summed E-state index contributed by atoms with van der Waals surface area (Å²) in [6.07, 6.45) is 3.79. The molecule has 1 atom stereocenters. The standard InChI is InChI=1S/C16H17FN2O/c1-18-10-2-5-15(18)16(20)19-11-3-4-14(19)12-6-8-13(17)9-7-12/h2,5-10,14H,3-4,11H2,1H3. The first-order valence-electron chi connectivity index (χ1n) is 6.84. The van der Waals surface area contributed by atoms with Gasteiger partial charge in [0.1, 0.15) is 11.5 Å². The van der Waals surface area contributed by atoms with Gasteiger partial charge < -0.3 is 9.47 Å². The molecule has 1 amide bonds. The van der Waals surface area contributed by atoms with Crippen LogP contribution in [0.1, 0.15) is 34.9 Å². The average molecular weight is 272 g/mol. The summed E-state index contributed by atoms with van der Waals surface area (Å²) in [7, 11) is 1.87. The van der Waals surface area contributed by atoms with Crippen molar-refractivity contribution in [3.63, 3.8) is 0 Å². The monoisotopic (exact) mass is 272 g/mol. The third-order valence-corrected chi connectivity index (χ3v) is 3.93. The summed E-state index contributed by atoms with van der Waals surface area (Å²) in [5.41, 5.74) is 1.70. The molecule has 1 saturated heterocycles. The van der Waals surface area contributed by atoms with E-state index in [0.717, 1.165) is 24.9 Å². The minimum Gasteiger partial charge on any atom is -0.347 e. The fourth-order valence-electron chi connectivity index (χ4n) is 2.87. The van der Waals surface area contributed by atoms with Gasteiger partial charge in [-0.05, 0) is 42.7 Å². The van der Waals surface area contributed by atoms with Gasteiger partial charge in [0.25, 0.3) is 5.91 Å². The van der Waals surface area contributed by atoms with Crippen molar-refractivity contribution in [2.75, 3.05) is 6.54 Å². The minimum absolute atomic E-state index is 0.0457. The molecule has 0 aliphatic carbocycles. The normalized spacial score (nSPS) is 18.5. The number of likely N-dealkylation sites (tertiary alicyclic amines) is 1. The molecular formula is C16H17FN2O. The highest BCUT2D eigenvalue weighted by molar-refractivity contribution is 5.93. The van der Waals surface area contributed by atoms with Gasteiger partial charge in [-0.15, -0.1) is 0 Å². The minimum atomic E-state index is -0.243. The van der Waals surface area contributed by atoms with Gasteiger partial charge >= 0.3 is 0 Å². The number of hydrogen-bond acceptors (Lipinski definition) is 1. The zero-order chi connectivity index (χ0) is 14.1. The molecule has 1 aliphatic heterocycles. The summed E-state index contributed by atoms with van der Waals surface area (Å²) in [5, 5.41) is 0. The second-order valence-corrected chi connectivity index (χ2v) is 5.21. The number of amides is 1. The number of hydrogen-bond donors (Lipinski definition) is 0. The molecule has 104 valence electrons. The van der Waals surface area contributed by atoms with Crippen LogP contribution in [0.2, 0.25) is 0 Å². The lowest BCUT2D eigenvalue weighted by Crippen LogP contribution is -2.31. The molecule has 1 unspecified atom stereocenters. The maximum absolute atomic E-state index is 13.0. The molecule has 1 fully saturated rings. The number of rotatable bonds is 2. The molecule has 0 saturated carbocycles. The van der Waals surface area contributed by atoms with Crippen LogP contribution in [0.15, 0.2) is 42.6 Å². The summed E-state index contributed by atoms with van der Waals surface area (Å²) >= 11 is 0. The molecule has 2 heterocycles. The van der Waals surface area contributed by atoms with Crippen molar-refractivity contribution in [1.29, 1.82) is 0 Å². The summed E-state index contributed by atoms with van der Waals surface area (Å²) in [5.74, 6) is -0.198. The highest BCUT2D eigenvalue weighted by Gasteiger charge is 2.31. The second kappa shape index (κ2) is 5.12. The Kier molecular flexibility index (Phi) is 3.30. The van der Waals surface area contributed by atoms with Crippen molar-refractivity contribution in [2.45, 2.75) is 18.9 Å². The lowest BCUT2D eigenvalue weighted by molar-refractivity contribution is 0.0726. The number of carbonyl (C=O) groups is 1. The SMILES string of the molecule is Cn1cccc1C(=O)N1CCCC1c1ccc(F)cc1. The second-order valence-electron chi connectivity index (χ2n) is 5.21. The Hall–Kier alpha value is -2.10. The maximum Gasteiger partial charge on any atom is 0.270 e. The van der Waals surface area contributed by atoms with Crippen molar-refractivity contribution >= 4 is 5.91 Å². The molecule has 4 heteroatoms. The largest absolute Gasteiger partial charge is 0.347 e. The van der Waals surface area contributed by atoms with Crippen molar-refractivity contribution < 1.29 is 9.18 Å². The van der Waals surface area contributed by atoms with E-state index in [1.165, 1.54) is 12.1 Å². The summed E-state index contributed by atoms with van der Waals surface area (Å²) in [4.78, 5) is 14.5. The van der Waals surface area contributed by atoms with Gasteiger partial charge in [-0.2, -0.15) is 0 Å². The third kappa shape index (κ3) is 2.22. The van der Waals surface area contributed by atoms with Crippen LogP contribution < -0.4 is 0 Å². The zero-order valence-electron chi connectivity index (χ0n) is 11.4. The highest BCUT2D eigenvalue weighted by Crippen LogP contribution is 2.33. The van der Waals surface area contributed by atoms with Crippen molar-refractivity contribution in [3.8, 4) is 0 Å². The van der Waals surface area contributed by atoms with Crippen molar-refractivity contribution in [1.82, 2.24) is 9.47 Å². The molecule has 0 N–H and O–H groups in total. The zero-order valence-corrected chi connectivity index (χ0v) is 11.4. The van der Waals surface area contributed by atoms with Crippen LogP contribution in [0.4, 0.5) is 4.39 Å². The number of nitrogens with zero attached hydrogens (tertiary/aromatic N) is 2. The van der Waals surface area contributed by atoms with E-state index < -0.39 is 0 Å². The van der Waals surface area contributed by atoms with Crippen LogP contribution in [0.5, 0.6) is 0 Å². The lowest BCUT2D eigenvalue weighted by atomic mass is 10.0. The smallest absolute Gasteiger partial charge is 0.270 e. The van der Waals surface area contributed by atoms with Crippen molar-refractivity contribution in [3.05, 3.63) is 59.7 Å². The van der Waals surface area contributed by atoms with E-state index in [9.17, 15) is 9.18 Å². The summed E-state index contributed by atoms with van der Waals surface area (Å²) in [6.45, 7) is 0.756. The number of carbonyl (C=O) groups excluding carboxylic acids is 1. The van der Waals surface area contributed by atoms with Gasteiger partial charge in [-0.3, -0.25) is 4.79 Å². The van der Waals surface area contributed by atoms with E-state index in [2.05, 4.69) is 0 Å². The van der Waals surface area contributed by atoms with E-state index in [4.69, 9.17) is 0 Å². The van der Waals surface area contributed by atoms with Gasteiger partial charge in [-0.1, -0.05) is 12.1 Å². The van der Waals surface area contributed by atoms with E-state index in [1.807, 2.05) is 34.8 Å². The third-order valence-electron chi connectivity index (χ3n) is 3.93. The molecule has 1 aromatic carbocycles. The first-order valence-corrected chi connectivity index (χ1v) is 6.84. The topological polar surface area (TPSA) is 25.2 Å². The molecule has 20 heavy (non-hydrogen) atoms.